The molecule has 0 radical (unpaired) electrons. The summed E-state index contributed by atoms with van der Waals surface area (Å²) in [5, 5.41) is 3.72. The summed E-state index contributed by atoms with van der Waals surface area (Å²) < 4.78 is 0. The van der Waals surface area contributed by atoms with Gasteiger partial charge < -0.3 is 4.90 Å². The van der Waals surface area contributed by atoms with Crippen LogP contribution >= 0.6 is 0 Å². The van der Waals surface area contributed by atoms with E-state index >= 15 is 0 Å². The first kappa shape index (κ1) is 13.4. The van der Waals surface area contributed by atoms with Crippen LogP contribution in [0.1, 0.15) is 71.6 Å². The number of hydrogen-bond acceptors (Lipinski definition) is 2. The zero-order chi connectivity index (χ0) is 13.5. The molecule has 1 heterocycles. The minimum absolute atomic E-state index is 0.177. The van der Waals surface area contributed by atoms with Crippen LogP contribution < -0.4 is 5.32 Å². The standard InChI is InChI=1S/C16H28N2O/c1-3-7-13-17-16(8-5-6-9-16)14(19)18(13)12-15(4-2)10-11-15/h13,17H,3-12H2,1-2H3. The van der Waals surface area contributed by atoms with E-state index in [1.54, 1.807) is 0 Å². The van der Waals surface area contributed by atoms with Gasteiger partial charge in [-0.2, -0.15) is 0 Å². The van der Waals surface area contributed by atoms with Crippen LogP contribution in [0.2, 0.25) is 0 Å². The van der Waals surface area contributed by atoms with Gasteiger partial charge in [0.15, 0.2) is 0 Å². The van der Waals surface area contributed by atoms with E-state index in [1.807, 2.05) is 0 Å². The Kier molecular flexibility index (Phi) is 3.36. The number of amides is 1. The second-order valence-corrected chi connectivity index (χ2v) is 7.02. The minimum atomic E-state index is -0.177. The molecule has 3 rings (SSSR count). The van der Waals surface area contributed by atoms with Gasteiger partial charge in [0.1, 0.15) is 0 Å². The van der Waals surface area contributed by atoms with Crippen LogP contribution in [0.25, 0.3) is 0 Å². The van der Waals surface area contributed by atoms with E-state index in [0.29, 0.717) is 17.5 Å². The highest BCUT2D eigenvalue weighted by atomic mass is 16.2. The SMILES string of the molecule is CCCC1NC2(CCCC2)C(=O)N1CC1(CC)CC1. The number of nitrogens with one attached hydrogen (secondary N) is 1. The lowest BCUT2D eigenvalue weighted by molar-refractivity contribution is -0.134. The van der Waals surface area contributed by atoms with Crippen molar-refractivity contribution in [2.24, 2.45) is 5.41 Å². The van der Waals surface area contributed by atoms with Crippen molar-refractivity contribution < 1.29 is 4.79 Å². The van der Waals surface area contributed by atoms with Crippen molar-refractivity contribution in [1.82, 2.24) is 10.2 Å². The van der Waals surface area contributed by atoms with Crippen LogP contribution in [0.3, 0.4) is 0 Å². The van der Waals surface area contributed by atoms with Crippen LogP contribution in [-0.4, -0.2) is 29.1 Å². The maximum atomic E-state index is 12.9. The molecule has 0 aromatic heterocycles. The lowest BCUT2D eigenvalue weighted by atomic mass is 9.97. The summed E-state index contributed by atoms with van der Waals surface area (Å²) in [5.41, 5.74) is 0.289. The molecule has 3 aliphatic rings. The van der Waals surface area contributed by atoms with Crippen molar-refractivity contribution in [3.05, 3.63) is 0 Å². The maximum Gasteiger partial charge on any atom is 0.244 e. The lowest BCUT2D eigenvalue weighted by Gasteiger charge is -2.28. The zero-order valence-corrected chi connectivity index (χ0v) is 12.5. The molecule has 0 aromatic rings. The second-order valence-electron chi connectivity index (χ2n) is 7.02. The topological polar surface area (TPSA) is 32.3 Å². The molecule has 1 amide bonds. The van der Waals surface area contributed by atoms with Gasteiger partial charge in [0.05, 0.1) is 11.7 Å². The fourth-order valence-electron chi connectivity index (χ4n) is 4.06. The van der Waals surface area contributed by atoms with Gasteiger partial charge in [-0.05, 0) is 43.9 Å². The normalized spacial score (nSPS) is 31.4. The lowest BCUT2D eigenvalue weighted by Crippen LogP contribution is -2.44. The Balaban J connectivity index is 1.77. The number of carbonyl (C=O) groups excluding carboxylic acids is 1. The molecule has 108 valence electrons. The van der Waals surface area contributed by atoms with Gasteiger partial charge >= 0.3 is 0 Å². The van der Waals surface area contributed by atoms with E-state index in [0.717, 1.165) is 32.2 Å². The predicted molar refractivity (Wildman–Crippen MR) is 76.7 cm³/mol. The summed E-state index contributed by atoms with van der Waals surface area (Å²) in [4.78, 5) is 15.1. The molecule has 1 unspecified atom stereocenters. The van der Waals surface area contributed by atoms with Crippen LogP contribution in [-0.2, 0) is 4.79 Å². The van der Waals surface area contributed by atoms with Gasteiger partial charge in [-0.15, -0.1) is 0 Å². The van der Waals surface area contributed by atoms with Gasteiger partial charge in [-0.1, -0.05) is 33.1 Å². The first-order chi connectivity index (χ1) is 9.15. The van der Waals surface area contributed by atoms with Gasteiger partial charge in [0.25, 0.3) is 0 Å². The molecule has 19 heavy (non-hydrogen) atoms. The first-order valence-electron chi connectivity index (χ1n) is 8.23. The summed E-state index contributed by atoms with van der Waals surface area (Å²) in [7, 11) is 0. The summed E-state index contributed by atoms with van der Waals surface area (Å²) in [6, 6.07) is 0. The highest BCUT2D eigenvalue weighted by Crippen LogP contribution is 2.50. The molecule has 0 aromatic carbocycles. The van der Waals surface area contributed by atoms with Crippen LogP contribution in [0.5, 0.6) is 0 Å². The largest absolute Gasteiger partial charge is 0.325 e. The molecular formula is C16H28N2O. The summed E-state index contributed by atoms with van der Waals surface area (Å²) >= 11 is 0. The number of carbonyl (C=O) groups is 1. The third-order valence-corrected chi connectivity index (χ3v) is 5.72. The van der Waals surface area contributed by atoms with E-state index in [4.69, 9.17) is 0 Å². The fourth-order valence-corrected chi connectivity index (χ4v) is 4.06. The average Bonchev–Trinajstić information content (AvgIpc) is 2.96. The summed E-state index contributed by atoms with van der Waals surface area (Å²) in [5.74, 6) is 0.420. The van der Waals surface area contributed by atoms with Crippen molar-refractivity contribution in [2.45, 2.75) is 83.3 Å². The molecule has 1 saturated heterocycles. The van der Waals surface area contributed by atoms with Crippen molar-refractivity contribution in [3.8, 4) is 0 Å². The Labute approximate surface area is 117 Å². The highest BCUT2D eigenvalue weighted by molar-refractivity contribution is 5.89. The average molecular weight is 264 g/mol. The van der Waals surface area contributed by atoms with Gasteiger partial charge in [0, 0.05) is 6.54 Å². The zero-order valence-electron chi connectivity index (χ0n) is 12.5. The van der Waals surface area contributed by atoms with E-state index < -0.39 is 0 Å². The fraction of sp³-hybridized carbons (Fsp3) is 0.938. The maximum absolute atomic E-state index is 12.9. The van der Waals surface area contributed by atoms with E-state index in [1.165, 1.54) is 32.1 Å². The Bertz CT molecular complexity index is 356. The molecule has 2 aliphatic carbocycles. The smallest absolute Gasteiger partial charge is 0.244 e. The van der Waals surface area contributed by atoms with Crippen molar-refractivity contribution in [3.63, 3.8) is 0 Å². The second kappa shape index (κ2) is 4.76. The third-order valence-electron chi connectivity index (χ3n) is 5.72. The highest BCUT2D eigenvalue weighted by Gasteiger charge is 2.54. The molecule has 1 spiro atoms. The van der Waals surface area contributed by atoms with Crippen molar-refractivity contribution in [1.29, 1.82) is 0 Å². The van der Waals surface area contributed by atoms with Crippen molar-refractivity contribution in [2.75, 3.05) is 6.54 Å². The van der Waals surface area contributed by atoms with E-state index in [2.05, 4.69) is 24.1 Å². The third kappa shape index (κ3) is 2.20. The van der Waals surface area contributed by atoms with Gasteiger partial charge in [-0.3, -0.25) is 10.1 Å². The number of rotatable bonds is 5. The van der Waals surface area contributed by atoms with E-state index in [-0.39, 0.29) is 5.54 Å². The van der Waals surface area contributed by atoms with Crippen LogP contribution in [0.15, 0.2) is 0 Å². The van der Waals surface area contributed by atoms with Gasteiger partial charge in [-0.25, -0.2) is 0 Å². The Hall–Kier alpha value is -0.570. The molecule has 3 fully saturated rings. The summed E-state index contributed by atoms with van der Waals surface area (Å²) in [6.07, 6.45) is 11.0. The molecule has 3 nitrogen and oxygen atoms in total. The van der Waals surface area contributed by atoms with Crippen LogP contribution in [0, 0.1) is 5.41 Å². The van der Waals surface area contributed by atoms with Gasteiger partial charge in [0.2, 0.25) is 5.91 Å². The number of hydrogen-bond donors (Lipinski definition) is 1. The monoisotopic (exact) mass is 264 g/mol. The Morgan fingerprint density at radius 1 is 1.21 bits per heavy atom. The molecule has 1 aliphatic heterocycles. The quantitative estimate of drug-likeness (QED) is 0.827. The molecule has 1 N–H and O–H groups in total. The predicted octanol–water partition coefficient (Wildman–Crippen LogP) is 3.05. The molecule has 3 heteroatoms. The Morgan fingerprint density at radius 2 is 1.89 bits per heavy atom. The number of nitrogens with zero attached hydrogens (tertiary/aromatic N) is 1. The van der Waals surface area contributed by atoms with E-state index in [9.17, 15) is 4.79 Å². The minimum Gasteiger partial charge on any atom is -0.325 e. The molecule has 1 atom stereocenters. The molecular weight excluding hydrogens is 236 g/mol. The molecule has 2 saturated carbocycles. The Morgan fingerprint density at radius 3 is 2.42 bits per heavy atom. The van der Waals surface area contributed by atoms with Crippen LogP contribution in [0.4, 0.5) is 0 Å². The summed E-state index contributed by atoms with van der Waals surface area (Å²) in [6.45, 7) is 5.50. The molecule has 0 bridgehead atoms. The first-order valence-corrected chi connectivity index (χ1v) is 8.23. The van der Waals surface area contributed by atoms with Crippen molar-refractivity contribution >= 4 is 5.91 Å².